The number of hydrogen-bond donors (Lipinski definition) is 1. The second kappa shape index (κ2) is 8.50. The number of amides is 1. The molecule has 0 unspecified atom stereocenters. The van der Waals surface area contributed by atoms with Gasteiger partial charge in [0.25, 0.3) is 0 Å². The number of carbonyl (C=O) groups is 1. The Morgan fingerprint density at radius 1 is 1.19 bits per heavy atom. The highest BCUT2D eigenvalue weighted by atomic mass is 32.2. The number of anilines is 1. The Kier molecular flexibility index (Phi) is 6.29. The van der Waals surface area contributed by atoms with Gasteiger partial charge in [-0.1, -0.05) is 25.5 Å². The minimum atomic E-state index is -3.44. The number of sulfonamides is 1. The Morgan fingerprint density at radius 3 is 2.44 bits per heavy atom. The fraction of sp³-hybridized carbons (Fsp3) is 0.474. The highest BCUT2D eigenvalue weighted by Gasteiger charge is 2.25. The number of benzene rings is 1. The summed E-state index contributed by atoms with van der Waals surface area (Å²) in [5.74, 6) is -0.155. The highest BCUT2D eigenvalue weighted by molar-refractivity contribution is 7.89. The van der Waals surface area contributed by atoms with Gasteiger partial charge < -0.3 is 5.32 Å². The smallest absolute Gasteiger partial charge is 0.243 e. The minimum Gasteiger partial charge on any atom is -0.302 e. The van der Waals surface area contributed by atoms with Gasteiger partial charge in [0.2, 0.25) is 15.9 Å². The van der Waals surface area contributed by atoms with Gasteiger partial charge in [0.15, 0.2) is 5.13 Å². The van der Waals surface area contributed by atoms with Gasteiger partial charge in [0, 0.05) is 18.0 Å². The van der Waals surface area contributed by atoms with E-state index in [1.165, 1.54) is 11.3 Å². The molecule has 0 bridgehead atoms. The van der Waals surface area contributed by atoms with Crippen LogP contribution < -0.4 is 5.32 Å². The lowest BCUT2D eigenvalue weighted by Gasteiger charge is -2.25. The molecule has 6 nitrogen and oxygen atoms in total. The monoisotopic (exact) mass is 407 g/mol. The summed E-state index contributed by atoms with van der Waals surface area (Å²) in [6, 6.07) is 6.60. The second-order valence-corrected chi connectivity index (χ2v) is 9.85. The molecule has 0 atom stereocenters. The third kappa shape index (κ3) is 4.75. The standard InChI is InChI=1S/C19H25N3O3S2/c1-3-17-14(2)26-19(20-17)21-18(23)13-15-7-9-16(10-8-15)27(24,25)22-11-5-4-6-12-22/h7-10H,3-6,11-13H2,1-2H3,(H,20,21,23). The molecule has 27 heavy (non-hydrogen) atoms. The minimum absolute atomic E-state index is 0.155. The van der Waals surface area contributed by atoms with E-state index in [1.807, 2.05) is 13.8 Å². The molecule has 8 heteroatoms. The summed E-state index contributed by atoms with van der Waals surface area (Å²) in [6.07, 6.45) is 3.93. The van der Waals surface area contributed by atoms with Gasteiger partial charge in [-0.05, 0) is 43.9 Å². The van der Waals surface area contributed by atoms with Gasteiger partial charge >= 0.3 is 0 Å². The third-order valence-corrected chi connectivity index (χ3v) is 7.56. The van der Waals surface area contributed by atoms with E-state index in [0.29, 0.717) is 18.2 Å². The maximum atomic E-state index is 12.7. The molecule has 2 aromatic rings. The van der Waals surface area contributed by atoms with Gasteiger partial charge in [-0.15, -0.1) is 11.3 Å². The van der Waals surface area contributed by atoms with Crippen molar-refractivity contribution in [3.63, 3.8) is 0 Å². The van der Waals surface area contributed by atoms with Crippen molar-refractivity contribution in [1.82, 2.24) is 9.29 Å². The molecule has 0 aliphatic carbocycles. The molecule has 1 amide bonds. The summed E-state index contributed by atoms with van der Waals surface area (Å²) >= 11 is 1.47. The van der Waals surface area contributed by atoms with Gasteiger partial charge in [0.05, 0.1) is 17.0 Å². The van der Waals surface area contributed by atoms with E-state index in [1.54, 1.807) is 28.6 Å². The van der Waals surface area contributed by atoms with Crippen molar-refractivity contribution in [1.29, 1.82) is 0 Å². The SMILES string of the molecule is CCc1nc(NC(=O)Cc2ccc(S(=O)(=O)N3CCCCC3)cc2)sc1C. The van der Waals surface area contributed by atoms with Gasteiger partial charge in [-0.25, -0.2) is 13.4 Å². The average Bonchev–Trinajstić information content (AvgIpc) is 3.02. The number of aryl methyl sites for hydroxylation is 2. The largest absolute Gasteiger partial charge is 0.302 e. The summed E-state index contributed by atoms with van der Waals surface area (Å²) < 4.78 is 26.9. The van der Waals surface area contributed by atoms with E-state index in [4.69, 9.17) is 0 Å². The molecule has 1 N–H and O–H groups in total. The fourth-order valence-electron chi connectivity index (χ4n) is 3.19. The first-order valence-electron chi connectivity index (χ1n) is 9.25. The lowest BCUT2D eigenvalue weighted by Crippen LogP contribution is -2.35. The molecule has 0 radical (unpaired) electrons. The molecule has 0 spiro atoms. The zero-order chi connectivity index (χ0) is 19.4. The Labute approximate surface area is 164 Å². The number of rotatable bonds is 6. The summed E-state index contributed by atoms with van der Waals surface area (Å²) in [7, 11) is -3.44. The zero-order valence-corrected chi connectivity index (χ0v) is 17.3. The number of thiazole rings is 1. The van der Waals surface area contributed by atoms with Crippen LogP contribution in [0.5, 0.6) is 0 Å². The molecule has 1 fully saturated rings. The lowest BCUT2D eigenvalue weighted by atomic mass is 10.1. The highest BCUT2D eigenvalue weighted by Crippen LogP contribution is 2.23. The number of carbonyl (C=O) groups excluding carboxylic acids is 1. The van der Waals surface area contributed by atoms with E-state index < -0.39 is 10.0 Å². The van der Waals surface area contributed by atoms with Gasteiger partial charge in [-0.3, -0.25) is 4.79 Å². The number of nitrogens with zero attached hydrogens (tertiary/aromatic N) is 2. The fourth-order valence-corrected chi connectivity index (χ4v) is 5.63. The number of nitrogens with one attached hydrogen (secondary N) is 1. The van der Waals surface area contributed by atoms with Crippen molar-refractivity contribution < 1.29 is 13.2 Å². The van der Waals surface area contributed by atoms with E-state index >= 15 is 0 Å². The van der Waals surface area contributed by atoms with Crippen LogP contribution in [0.4, 0.5) is 5.13 Å². The van der Waals surface area contributed by atoms with E-state index in [9.17, 15) is 13.2 Å². The number of piperidine rings is 1. The lowest BCUT2D eigenvalue weighted by molar-refractivity contribution is -0.115. The van der Waals surface area contributed by atoms with Crippen molar-refractivity contribution in [2.45, 2.75) is 50.8 Å². The molecule has 1 aromatic heterocycles. The molecule has 3 rings (SSSR count). The first kappa shape index (κ1) is 20.0. The van der Waals surface area contributed by atoms with Crippen molar-refractivity contribution in [2.24, 2.45) is 0 Å². The first-order chi connectivity index (χ1) is 12.9. The second-order valence-electron chi connectivity index (χ2n) is 6.71. The van der Waals surface area contributed by atoms with E-state index in [0.717, 1.165) is 41.8 Å². The predicted octanol–water partition coefficient (Wildman–Crippen LogP) is 3.37. The maximum Gasteiger partial charge on any atom is 0.243 e. The topological polar surface area (TPSA) is 79.4 Å². The summed E-state index contributed by atoms with van der Waals surface area (Å²) in [6.45, 7) is 5.19. The molecular formula is C19H25N3O3S2. The van der Waals surface area contributed by atoms with Gasteiger partial charge in [-0.2, -0.15) is 4.31 Å². The van der Waals surface area contributed by atoms with E-state index in [2.05, 4.69) is 10.3 Å². The van der Waals surface area contributed by atoms with Crippen molar-refractivity contribution in [2.75, 3.05) is 18.4 Å². The Balaban J connectivity index is 1.63. The summed E-state index contributed by atoms with van der Waals surface area (Å²) in [5.41, 5.74) is 1.77. The van der Waals surface area contributed by atoms with Crippen LogP contribution >= 0.6 is 11.3 Å². The van der Waals surface area contributed by atoms with Crippen LogP contribution in [0.25, 0.3) is 0 Å². The van der Waals surface area contributed by atoms with Crippen LogP contribution in [0.1, 0.15) is 42.3 Å². The van der Waals surface area contributed by atoms with Crippen LogP contribution in [-0.2, 0) is 27.7 Å². The molecule has 1 aliphatic heterocycles. The molecule has 1 aromatic carbocycles. The van der Waals surface area contributed by atoms with Crippen molar-refractivity contribution >= 4 is 32.4 Å². The molecule has 0 saturated carbocycles. The molecule has 146 valence electrons. The van der Waals surface area contributed by atoms with Crippen molar-refractivity contribution in [3.05, 3.63) is 40.4 Å². The van der Waals surface area contributed by atoms with Gasteiger partial charge in [0.1, 0.15) is 0 Å². The van der Waals surface area contributed by atoms with Crippen LogP contribution in [0.3, 0.4) is 0 Å². The third-order valence-electron chi connectivity index (χ3n) is 4.71. The Bertz CT molecular complexity index is 899. The summed E-state index contributed by atoms with van der Waals surface area (Å²) in [5, 5.41) is 3.43. The van der Waals surface area contributed by atoms with E-state index in [-0.39, 0.29) is 17.2 Å². The normalized spacial score (nSPS) is 15.6. The molecular weight excluding hydrogens is 382 g/mol. The van der Waals surface area contributed by atoms with Crippen LogP contribution in [0, 0.1) is 6.92 Å². The summed E-state index contributed by atoms with van der Waals surface area (Å²) in [4.78, 5) is 18.1. The Hall–Kier alpha value is -1.77. The maximum absolute atomic E-state index is 12.7. The average molecular weight is 408 g/mol. The number of hydrogen-bond acceptors (Lipinski definition) is 5. The molecule has 1 aliphatic rings. The Morgan fingerprint density at radius 2 is 1.85 bits per heavy atom. The number of aromatic nitrogens is 1. The first-order valence-corrected chi connectivity index (χ1v) is 11.5. The molecule has 2 heterocycles. The van der Waals surface area contributed by atoms with Crippen molar-refractivity contribution in [3.8, 4) is 0 Å². The van der Waals surface area contributed by atoms with Crippen LogP contribution in [0.2, 0.25) is 0 Å². The van der Waals surface area contributed by atoms with Crippen LogP contribution in [-0.4, -0.2) is 36.7 Å². The predicted molar refractivity (Wildman–Crippen MR) is 108 cm³/mol. The van der Waals surface area contributed by atoms with Crippen LogP contribution in [0.15, 0.2) is 29.2 Å². The zero-order valence-electron chi connectivity index (χ0n) is 15.7. The molecule has 1 saturated heterocycles. The quantitative estimate of drug-likeness (QED) is 0.796.